The summed E-state index contributed by atoms with van der Waals surface area (Å²) in [5.41, 5.74) is 3.19. The molecule has 0 amide bonds. The standard InChI is InChI=1S/C18H22ClNO2/c1-12(2)22-17-8-6-14(9-18(17)21-4)11-20-15-7-5-13(3)16(19)10-15/h5-10,12,20H,11H2,1-4H3. The molecule has 0 bridgehead atoms. The second kappa shape index (κ2) is 7.41. The number of aryl methyl sites for hydroxylation is 1. The molecule has 0 radical (unpaired) electrons. The molecule has 0 unspecified atom stereocenters. The van der Waals surface area contributed by atoms with E-state index in [0.717, 1.165) is 33.3 Å². The van der Waals surface area contributed by atoms with Gasteiger partial charge in [-0.1, -0.05) is 23.7 Å². The van der Waals surface area contributed by atoms with Crippen molar-refractivity contribution in [2.75, 3.05) is 12.4 Å². The fraction of sp³-hybridized carbons (Fsp3) is 0.333. The van der Waals surface area contributed by atoms with Crippen LogP contribution in [-0.4, -0.2) is 13.2 Å². The largest absolute Gasteiger partial charge is 0.493 e. The third kappa shape index (κ3) is 4.31. The quantitative estimate of drug-likeness (QED) is 0.807. The number of benzene rings is 2. The Bertz CT molecular complexity index is 641. The molecule has 0 fully saturated rings. The molecule has 0 atom stereocenters. The molecule has 2 aromatic carbocycles. The molecule has 0 spiro atoms. The predicted molar refractivity (Wildman–Crippen MR) is 92.3 cm³/mol. The van der Waals surface area contributed by atoms with Crippen LogP contribution in [0.15, 0.2) is 36.4 Å². The van der Waals surface area contributed by atoms with Crippen LogP contribution in [0.25, 0.3) is 0 Å². The summed E-state index contributed by atoms with van der Waals surface area (Å²) >= 11 is 6.14. The van der Waals surface area contributed by atoms with Crippen molar-refractivity contribution in [3.63, 3.8) is 0 Å². The topological polar surface area (TPSA) is 30.5 Å². The summed E-state index contributed by atoms with van der Waals surface area (Å²) in [6.45, 7) is 6.67. The molecule has 0 aliphatic heterocycles. The number of methoxy groups -OCH3 is 1. The number of anilines is 1. The zero-order chi connectivity index (χ0) is 16.1. The van der Waals surface area contributed by atoms with Gasteiger partial charge in [0, 0.05) is 17.3 Å². The average Bonchev–Trinajstić information content (AvgIpc) is 2.49. The first-order chi connectivity index (χ1) is 10.5. The van der Waals surface area contributed by atoms with Gasteiger partial charge in [-0.25, -0.2) is 0 Å². The summed E-state index contributed by atoms with van der Waals surface area (Å²) in [6.07, 6.45) is 0.118. The van der Waals surface area contributed by atoms with Crippen molar-refractivity contribution in [2.24, 2.45) is 0 Å². The van der Waals surface area contributed by atoms with Crippen molar-refractivity contribution in [1.82, 2.24) is 0 Å². The summed E-state index contributed by atoms with van der Waals surface area (Å²) in [5, 5.41) is 4.13. The van der Waals surface area contributed by atoms with Gasteiger partial charge in [0.1, 0.15) is 0 Å². The maximum absolute atomic E-state index is 6.14. The number of halogens is 1. The highest BCUT2D eigenvalue weighted by Crippen LogP contribution is 2.29. The van der Waals surface area contributed by atoms with Crippen LogP contribution in [0.4, 0.5) is 5.69 Å². The Morgan fingerprint density at radius 1 is 1.09 bits per heavy atom. The van der Waals surface area contributed by atoms with Gasteiger partial charge in [0.15, 0.2) is 11.5 Å². The molecule has 2 rings (SSSR count). The van der Waals surface area contributed by atoms with Crippen LogP contribution in [-0.2, 0) is 6.54 Å². The zero-order valence-electron chi connectivity index (χ0n) is 13.4. The van der Waals surface area contributed by atoms with Crippen LogP contribution in [0.1, 0.15) is 25.0 Å². The molecule has 0 saturated carbocycles. The van der Waals surface area contributed by atoms with Crippen molar-refractivity contribution < 1.29 is 9.47 Å². The van der Waals surface area contributed by atoms with Crippen molar-refractivity contribution in [2.45, 2.75) is 33.4 Å². The molecular formula is C18H22ClNO2. The number of nitrogens with one attached hydrogen (secondary N) is 1. The molecule has 0 saturated heterocycles. The first kappa shape index (κ1) is 16.5. The van der Waals surface area contributed by atoms with E-state index in [2.05, 4.69) is 5.32 Å². The Morgan fingerprint density at radius 2 is 1.86 bits per heavy atom. The molecule has 3 nitrogen and oxygen atoms in total. The Hall–Kier alpha value is -1.87. The number of hydrogen-bond acceptors (Lipinski definition) is 3. The molecule has 118 valence electrons. The van der Waals surface area contributed by atoms with Crippen LogP contribution in [0.5, 0.6) is 11.5 Å². The van der Waals surface area contributed by atoms with E-state index in [1.54, 1.807) is 7.11 Å². The third-order valence-electron chi connectivity index (χ3n) is 3.26. The van der Waals surface area contributed by atoms with E-state index >= 15 is 0 Å². The maximum Gasteiger partial charge on any atom is 0.161 e. The second-order valence-corrected chi connectivity index (χ2v) is 5.88. The lowest BCUT2D eigenvalue weighted by atomic mass is 10.2. The van der Waals surface area contributed by atoms with E-state index in [1.165, 1.54) is 0 Å². The number of hydrogen-bond donors (Lipinski definition) is 1. The summed E-state index contributed by atoms with van der Waals surface area (Å²) in [4.78, 5) is 0. The number of rotatable bonds is 6. The lowest BCUT2D eigenvalue weighted by Crippen LogP contribution is -2.07. The monoisotopic (exact) mass is 319 g/mol. The van der Waals surface area contributed by atoms with Crippen molar-refractivity contribution in [3.8, 4) is 11.5 Å². The van der Waals surface area contributed by atoms with E-state index < -0.39 is 0 Å². The minimum atomic E-state index is 0.118. The second-order valence-electron chi connectivity index (χ2n) is 5.47. The molecule has 0 aliphatic rings. The average molecular weight is 320 g/mol. The van der Waals surface area contributed by atoms with Gasteiger partial charge in [0.05, 0.1) is 13.2 Å². The normalized spacial score (nSPS) is 10.6. The third-order valence-corrected chi connectivity index (χ3v) is 3.67. The van der Waals surface area contributed by atoms with Crippen molar-refractivity contribution >= 4 is 17.3 Å². The van der Waals surface area contributed by atoms with Gasteiger partial charge >= 0.3 is 0 Å². The van der Waals surface area contributed by atoms with Gasteiger partial charge in [0.2, 0.25) is 0 Å². The smallest absolute Gasteiger partial charge is 0.161 e. The molecule has 2 aromatic rings. The highest BCUT2D eigenvalue weighted by molar-refractivity contribution is 6.31. The fourth-order valence-corrected chi connectivity index (χ4v) is 2.26. The Labute approximate surface area is 137 Å². The molecule has 1 N–H and O–H groups in total. The van der Waals surface area contributed by atoms with Crippen LogP contribution < -0.4 is 14.8 Å². The van der Waals surface area contributed by atoms with Gasteiger partial charge in [-0.05, 0) is 56.2 Å². The van der Waals surface area contributed by atoms with E-state index in [1.807, 2.05) is 57.2 Å². The summed E-state index contributed by atoms with van der Waals surface area (Å²) < 4.78 is 11.1. The van der Waals surface area contributed by atoms with E-state index in [-0.39, 0.29) is 6.10 Å². The minimum Gasteiger partial charge on any atom is -0.493 e. The molecule has 0 heterocycles. The zero-order valence-corrected chi connectivity index (χ0v) is 14.2. The maximum atomic E-state index is 6.14. The minimum absolute atomic E-state index is 0.118. The van der Waals surface area contributed by atoms with Gasteiger partial charge in [-0.3, -0.25) is 0 Å². The summed E-state index contributed by atoms with van der Waals surface area (Å²) in [7, 11) is 1.65. The van der Waals surface area contributed by atoms with Crippen molar-refractivity contribution in [3.05, 3.63) is 52.5 Å². The first-order valence-electron chi connectivity index (χ1n) is 7.33. The van der Waals surface area contributed by atoms with E-state index in [9.17, 15) is 0 Å². The molecule has 4 heteroatoms. The van der Waals surface area contributed by atoms with Gasteiger partial charge in [-0.2, -0.15) is 0 Å². The van der Waals surface area contributed by atoms with E-state index in [4.69, 9.17) is 21.1 Å². The Morgan fingerprint density at radius 3 is 2.50 bits per heavy atom. The lowest BCUT2D eigenvalue weighted by molar-refractivity contribution is 0.230. The highest BCUT2D eigenvalue weighted by Gasteiger charge is 2.07. The molecule has 0 aliphatic carbocycles. The van der Waals surface area contributed by atoms with Crippen LogP contribution >= 0.6 is 11.6 Å². The van der Waals surface area contributed by atoms with E-state index in [0.29, 0.717) is 6.54 Å². The van der Waals surface area contributed by atoms with Crippen LogP contribution in [0, 0.1) is 6.92 Å². The highest BCUT2D eigenvalue weighted by atomic mass is 35.5. The van der Waals surface area contributed by atoms with Gasteiger partial charge in [-0.15, -0.1) is 0 Å². The SMILES string of the molecule is COc1cc(CNc2ccc(C)c(Cl)c2)ccc1OC(C)C. The van der Waals surface area contributed by atoms with Crippen LogP contribution in [0.2, 0.25) is 5.02 Å². The summed E-state index contributed by atoms with van der Waals surface area (Å²) in [5.74, 6) is 1.51. The van der Waals surface area contributed by atoms with Crippen molar-refractivity contribution in [1.29, 1.82) is 0 Å². The molecule has 0 aromatic heterocycles. The molecule has 22 heavy (non-hydrogen) atoms. The fourth-order valence-electron chi connectivity index (χ4n) is 2.08. The summed E-state index contributed by atoms with van der Waals surface area (Å²) in [6, 6.07) is 11.9. The van der Waals surface area contributed by atoms with Gasteiger partial charge in [0.25, 0.3) is 0 Å². The molecular weight excluding hydrogens is 298 g/mol. The lowest BCUT2D eigenvalue weighted by Gasteiger charge is -2.15. The van der Waals surface area contributed by atoms with Crippen LogP contribution in [0.3, 0.4) is 0 Å². The Kier molecular flexibility index (Phi) is 5.56. The predicted octanol–water partition coefficient (Wildman–Crippen LogP) is 5.06. The first-order valence-corrected chi connectivity index (χ1v) is 7.71. The number of ether oxygens (including phenoxy) is 2. The Balaban J connectivity index is 2.08. The van der Waals surface area contributed by atoms with Gasteiger partial charge < -0.3 is 14.8 Å².